The number of anilines is 1. The number of benzene rings is 2. The highest BCUT2D eigenvalue weighted by Gasteiger charge is 2.26. The van der Waals surface area contributed by atoms with E-state index in [4.69, 9.17) is 16.6 Å². The largest absolute Gasteiger partial charge is 0.481 e. The van der Waals surface area contributed by atoms with E-state index in [0.29, 0.717) is 16.5 Å². The van der Waals surface area contributed by atoms with Crippen LogP contribution in [0.3, 0.4) is 0 Å². The van der Waals surface area contributed by atoms with E-state index < -0.39 is 34.5 Å². The number of aromatic nitrogens is 1. The summed E-state index contributed by atoms with van der Waals surface area (Å²) >= 11 is 9.57. The van der Waals surface area contributed by atoms with Gasteiger partial charge in [-0.1, -0.05) is 40.4 Å². The zero-order valence-corrected chi connectivity index (χ0v) is 23.3. The summed E-state index contributed by atoms with van der Waals surface area (Å²) < 4.78 is 29.7. The minimum Gasteiger partial charge on any atom is -0.481 e. The Morgan fingerprint density at radius 2 is 1.82 bits per heavy atom. The fourth-order valence-corrected chi connectivity index (χ4v) is 5.74. The maximum absolute atomic E-state index is 14.7. The quantitative estimate of drug-likeness (QED) is 0.269. The third kappa shape index (κ3) is 6.26. The maximum atomic E-state index is 14.7. The van der Waals surface area contributed by atoms with Crippen molar-refractivity contribution in [3.05, 3.63) is 68.2 Å². The van der Waals surface area contributed by atoms with E-state index in [2.05, 4.69) is 26.1 Å². The number of carbonyl (C=O) groups is 2. The highest BCUT2D eigenvalue weighted by Crippen LogP contribution is 2.34. The molecule has 1 saturated heterocycles. The first-order valence-electron chi connectivity index (χ1n) is 12.7. The van der Waals surface area contributed by atoms with Crippen molar-refractivity contribution in [1.29, 1.82) is 0 Å². The second-order valence-corrected chi connectivity index (χ2v) is 10.9. The number of nitrogens with zero attached hydrogens (tertiary/aromatic N) is 2. The molecule has 10 heteroatoms. The van der Waals surface area contributed by atoms with Gasteiger partial charge in [-0.05, 0) is 56.5 Å². The van der Waals surface area contributed by atoms with E-state index in [1.807, 2.05) is 25.1 Å². The van der Waals surface area contributed by atoms with Crippen LogP contribution in [0.15, 0.2) is 34.8 Å². The van der Waals surface area contributed by atoms with Gasteiger partial charge in [-0.25, -0.2) is 13.8 Å². The second-order valence-electron chi connectivity index (χ2n) is 9.59. The molecule has 1 aromatic heterocycles. The minimum absolute atomic E-state index is 0.0314. The van der Waals surface area contributed by atoms with E-state index in [9.17, 15) is 23.5 Å². The van der Waals surface area contributed by atoms with Crippen molar-refractivity contribution in [3.63, 3.8) is 0 Å². The number of carboxylic acids is 1. The average molecular weight is 609 g/mol. The summed E-state index contributed by atoms with van der Waals surface area (Å²) in [4.78, 5) is 32.1. The Bertz CT molecular complexity index is 1360. The van der Waals surface area contributed by atoms with Crippen LogP contribution in [0.25, 0.3) is 10.9 Å². The Morgan fingerprint density at radius 3 is 2.50 bits per heavy atom. The van der Waals surface area contributed by atoms with Gasteiger partial charge >= 0.3 is 5.97 Å². The molecule has 2 heterocycles. The molecule has 1 unspecified atom stereocenters. The van der Waals surface area contributed by atoms with E-state index in [1.165, 1.54) is 0 Å². The average Bonchev–Trinajstić information content (AvgIpc) is 3.16. The topological polar surface area (TPSA) is 82.5 Å². The molecule has 0 radical (unpaired) electrons. The molecule has 1 atom stereocenters. The van der Waals surface area contributed by atoms with Crippen molar-refractivity contribution in [2.24, 2.45) is 0 Å². The standard InChI is InChI=1S/C28H29BrClF2N3O3/c1-16-24(19-14-18(29)7-10-22(19)34-27(16)35-12-4-2-3-5-13-35)28(38)33-15-17(6-11-23(36)37)25-20(31)8-9-21(32)26(25)30/h7-10,14,17H,2-6,11-13,15H2,1H3,(H,33,38)(H,36,37). The molecule has 2 aromatic carbocycles. The van der Waals surface area contributed by atoms with E-state index in [-0.39, 0.29) is 24.9 Å². The Morgan fingerprint density at radius 1 is 1.13 bits per heavy atom. The molecule has 3 aromatic rings. The van der Waals surface area contributed by atoms with Gasteiger partial charge in [-0.2, -0.15) is 0 Å². The lowest BCUT2D eigenvalue weighted by atomic mass is 9.93. The van der Waals surface area contributed by atoms with Gasteiger partial charge in [0.2, 0.25) is 0 Å². The predicted molar refractivity (Wildman–Crippen MR) is 148 cm³/mol. The second kappa shape index (κ2) is 12.4. The molecule has 1 amide bonds. The minimum atomic E-state index is -1.09. The zero-order chi connectivity index (χ0) is 27.4. The molecular formula is C28H29BrClF2N3O3. The van der Waals surface area contributed by atoms with Gasteiger partial charge in [0.1, 0.15) is 17.5 Å². The maximum Gasteiger partial charge on any atom is 0.303 e. The Hall–Kier alpha value is -2.78. The highest BCUT2D eigenvalue weighted by atomic mass is 79.9. The van der Waals surface area contributed by atoms with Gasteiger partial charge in [0.25, 0.3) is 5.91 Å². The van der Waals surface area contributed by atoms with Gasteiger partial charge in [-0.3, -0.25) is 9.59 Å². The number of fused-ring (bicyclic) bond motifs is 1. The number of carboxylic acid groups (broad SMARTS) is 1. The van der Waals surface area contributed by atoms with Crippen molar-refractivity contribution in [1.82, 2.24) is 10.3 Å². The Labute approximate surface area is 233 Å². The van der Waals surface area contributed by atoms with Crippen LogP contribution in [0.4, 0.5) is 14.6 Å². The third-order valence-electron chi connectivity index (χ3n) is 7.00. The molecule has 1 fully saturated rings. The van der Waals surface area contributed by atoms with Crippen LogP contribution in [-0.4, -0.2) is 41.6 Å². The highest BCUT2D eigenvalue weighted by molar-refractivity contribution is 9.10. The normalized spacial score (nSPS) is 14.8. The Balaban J connectivity index is 1.71. The lowest BCUT2D eigenvalue weighted by Gasteiger charge is -2.26. The first-order valence-corrected chi connectivity index (χ1v) is 13.8. The van der Waals surface area contributed by atoms with Crippen molar-refractivity contribution >= 4 is 56.1 Å². The van der Waals surface area contributed by atoms with E-state index in [1.54, 1.807) is 0 Å². The van der Waals surface area contributed by atoms with Crippen LogP contribution in [0.5, 0.6) is 0 Å². The summed E-state index contributed by atoms with van der Waals surface area (Å²) in [6, 6.07) is 7.44. The number of amides is 1. The molecule has 6 nitrogen and oxygen atoms in total. The summed E-state index contributed by atoms with van der Waals surface area (Å²) in [5.41, 5.74) is 1.70. The molecule has 0 bridgehead atoms. The number of aliphatic carboxylic acids is 1. The van der Waals surface area contributed by atoms with Crippen molar-refractivity contribution in [2.45, 2.75) is 51.4 Å². The summed E-state index contributed by atoms with van der Waals surface area (Å²) in [5.74, 6) is -3.14. The molecule has 1 aliphatic rings. The fraction of sp³-hybridized carbons (Fsp3) is 0.393. The number of carbonyl (C=O) groups excluding carboxylic acids is 1. The first-order chi connectivity index (χ1) is 18.2. The third-order valence-corrected chi connectivity index (χ3v) is 7.88. The molecule has 1 aliphatic heterocycles. The van der Waals surface area contributed by atoms with Crippen LogP contribution in [0.1, 0.15) is 65.9 Å². The van der Waals surface area contributed by atoms with E-state index >= 15 is 0 Å². The summed E-state index contributed by atoms with van der Waals surface area (Å²) in [7, 11) is 0. The van der Waals surface area contributed by atoms with Crippen LogP contribution >= 0.6 is 27.5 Å². The molecule has 2 N–H and O–H groups in total. The number of pyridine rings is 1. The molecule has 0 saturated carbocycles. The molecule has 38 heavy (non-hydrogen) atoms. The van der Waals surface area contributed by atoms with Gasteiger partial charge in [0.05, 0.1) is 16.1 Å². The molecule has 0 spiro atoms. The fourth-order valence-electron chi connectivity index (χ4n) is 5.07. The summed E-state index contributed by atoms with van der Waals surface area (Å²) in [5, 5.41) is 12.3. The first kappa shape index (κ1) is 28.2. The van der Waals surface area contributed by atoms with Crippen LogP contribution in [0.2, 0.25) is 5.02 Å². The monoisotopic (exact) mass is 607 g/mol. The zero-order valence-electron chi connectivity index (χ0n) is 21.0. The van der Waals surface area contributed by atoms with Gasteiger partial charge in [0, 0.05) is 53.0 Å². The van der Waals surface area contributed by atoms with Gasteiger partial charge < -0.3 is 15.3 Å². The number of hydrogen-bond donors (Lipinski definition) is 2. The predicted octanol–water partition coefficient (Wildman–Crippen LogP) is 7.00. The number of hydrogen-bond acceptors (Lipinski definition) is 4. The lowest BCUT2D eigenvalue weighted by Crippen LogP contribution is -2.31. The van der Waals surface area contributed by atoms with Crippen molar-refractivity contribution in [3.8, 4) is 0 Å². The molecular weight excluding hydrogens is 580 g/mol. The smallest absolute Gasteiger partial charge is 0.303 e. The van der Waals surface area contributed by atoms with Crippen LogP contribution in [-0.2, 0) is 4.79 Å². The summed E-state index contributed by atoms with van der Waals surface area (Å²) in [6.45, 7) is 3.45. The summed E-state index contributed by atoms with van der Waals surface area (Å²) in [6.07, 6.45) is 4.08. The van der Waals surface area contributed by atoms with Crippen molar-refractivity contribution < 1.29 is 23.5 Å². The van der Waals surface area contributed by atoms with Gasteiger partial charge in [-0.15, -0.1) is 0 Å². The molecule has 202 valence electrons. The number of rotatable bonds is 8. The molecule has 4 rings (SSSR count). The number of nitrogens with one attached hydrogen (secondary N) is 1. The van der Waals surface area contributed by atoms with Crippen LogP contribution < -0.4 is 10.2 Å². The van der Waals surface area contributed by atoms with Gasteiger partial charge in [0.15, 0.2) is 0 Å². The lowest BCUT2D eigenvalue weighted by molar-refractivity contribution is -0.137. The number of halogens is 4. The SMILES string of the molecule is Cc1c(N2CCCCCC2)nc2ccc(Br)cc2c1C(=O)NCC(CCC(=O)O)c1c(F)ccc(F)c1Cl. The van der Waals surface area contributed by atoms with Crippen LogP contribution in [0, 0.1) is 18.6 Å². The van der Waals surface area contributed by atoms with E-state index in [0.717, 1.165) is 66.8 Å². The molecule has 0 aliphatic carbocycles. The Kier molecular flexibility index (Phi) is 9.20. The van der Waals surface area contributed by atoms with Crippen molar-refractivity contribution in [2.75, 3.05) is 24.5 Å².